The first kappa shape index (κ1) is 20.1. The Morgan fingerprint density at radius 1 is 1.00 bits per heavy atom. The molecule has 7 nitrogen and oxygen atoms in total. The van der Waals surface area contributed by atoms with Crippen molar-refractivity contribution < 1.29 is 9.26 Å². The molecular weight excluding hydrogens is 472 g/mol. The van der Waals surface area contributed by atoms with Crippen molar-refractivity contribution in [3.8, 4) is 34.4 Å². The molecule has 0 fully saturated rings. The summed E-state index contributed by atoms with van der Waals surface area (Å²) in [6.07, 6.45) is 0. The fourth-order valence-corrected chi connectivity index (χ4v) is 3.84. The normalized spacial score (nSPS) is 11.1. The van der Waals surface area contributed by atoms with Gasteiger partial charge in [0, 0.05) is 15.4 Å². The van der Waals surface area contributed by atoms with E-state index >= 15 is 0 Å². The van der Waals surface area contributed by atoms with Gasteiger partial charge in [0.2, 0.25) is 5.82 Å². The molecule has 0 saturated heterocycles. The van der Waals surface area contributed by atoms with Crippen molar-refractivity contribution in [2.75, 3.05) is 6.61 Å². The van der Waals surface area contributed by atoms with Gasteiger partial charge in [-0.05, 0) is 49.4 Å². The minimum Gasteiger partial charge on any atom is -0.494 e. The summed E-state index contributed by atoms with van der Waals surface area (Å²) in [6, 6.07) is 22.1. The van der Waals surface area contributed by atoms with E-state index < -0.39 is 0 Å². The molecule has 0 bridgehead atoms. The summed E-state index contributed by atoms with van der Waals surface area (Å²) in [5.74, 6) is 1.39. The Labute approximate surface area is 191 Å². The molecule has 0 spiro atoms. The van der Waals surface area contributed by atoms with Crippen LogP contribution in [0, 0.1) is 0 Å². The van der Waals surface area contributed by atoms with E-state index in [4.69, 9.17) is 9.26 Å². The SMILES string of the molecule is CCOc1ccc(-n2nc(-c3nc(-c4cccc(Br)c4)no3)c3ccccc3c2=O)cc1. The Balaban J connectivity index is 1.67. The highest BCUT2D eigenvalue weighted by molar-refractivity contribution is 9.10. The van der Waals surface area contributed by atoms with Crippen LogP contribution >= 0.6 is 15.9 Å². The lowest BCUT2D eigenvalue weighted by Gasteiger charge is -2.10. The summed E-state index contributed by atoms with van der Waals surface area (Å²) in [5.41, 5.74) is 1.61. The lowest BCUT2D eigenvalue weighted by Crippen LogP contribution is -2.22. The molecule has 5 aromatic rings. The summed E-state index contributed by atoms with van der Waals surface area (Å²) in [6.45, 7) is 2.48. The summed E-state index contributed by atoms with van der Waals surface area (Å²) < 4.78 is 13.3. The van der Waals surface area contributed by atoms with E-state index in [0.29, 0.717) is 34.6 Å². The van der Waals surface area contributed by atoms with Crippen LogP contribution in [0.5, 0.6) is 5.75 Å². The van der Waals surface area contributed by atoms with Gasteiger partial charge in [-0.3, -0.25) is 4.79 Å². The second kappa shape index (κ2) is 8.39. The van der Waals surface area contributed by atoms with E-state index in [-0.39, 0.29) is 11.4 Å². The molecule has 0 amide bonds. The van der Waals surface area contributed by atoms with E-state index in [2.05, 4.69) is 31.2 Å². The fraction of sp³-hybridized carbons (Fsp3) is 0.0833. The zero-order chi connectivity index (χ0) is 22.1. The molecule has 0 aliphatic rings. The number of hydrogen-bond acceptors (Lipinski definition) is 6. The average Bonchev–Trinajstić information content (AvgIpc) is 3.31. The highest BCUT2D eigenvalue weighted by Crippen LogP contribution is 2.27. The number of halogens is 1. The first-order chi connectivity index (χ1) is 15.6. The van der Waals surface area contributed by atoms with Gasteiger partial charge < -0.3 is 9.26 Å². The maximum atomic E-state index is 13.2. The van der Waals surface area contributed by atoms with E-state index in [0.717, 1.165) is 15.8 Å². The topological polar surface area (TPSA) is 83.0 Å². The van der Waals surface area contributed by atoms with Gasteiger partial charge in [-0.1, -0.05) is 51.4 Å². The van der Waals surface area contributed by atoms with E-state index in [1.807, 2.05) is 49.4 Å². The van der Waals surface area contributed by atoms with Gasteiger partial charge in [-0.15, -0.1) is 0 Å². The molecule has 0 N–H and O–H groups in total. The Bertz CT molecular complexity index is 1480. The Morgan fingerprint density at radius 3 is 2.53 bits per heavy atom. The molecule has 158 valence electrons. The Kier molecular flexibility index (Phi) is 5.28. The molecule has 2 aromatic heterocycles. The van der Waals surface area contributed by atoms with Crippen LogP contribution in [0.1, 0.15) is 6.92 Å². The second-order valence-corrected chi connectivity index (χ2v) is 7.89. The molecule has 0 saturated carbocycles. The van der Waals surface area contributed by atoms with Crippen molar-refractivity contribution in [1.29, 1.82) is 0 Å². The number of rotatable bonds is 5. The van der Waals surface area contributed by atoms with Crippen molar-refractivity contribution in [2.45, 2.75) is 6.92 Å². The highest BCUT2D eigenvalue weighted by Gasteiger charge is 2.19. The summed E-state index contributed by atoms with van der Waals surface area (Å²) >= 11 is 3.46. The number of nitrogens with zero attached hydrogens (tertiary/aromatic N) is 4. The quantitative estimate of drug-likeness (QED) is 0.335. The average molecular weight is 489 g/mol. The summed E-state index contributed by atoms with van der Waals surface area (Å²) in [7, 11) is 0. The molecule has 0 unspecified atom stereocenters. The van der Waals surface area contributed by atoms with Gasteiger partial charge >= 0.3 is 0 Å². The molecule has 0 radical (unpaired) electrons. The standard InChI is InChI=1S/C24H17BrN4O3/c1-2-31-18-12-10-17(11-13-18)29-24(30)20-9-4-3-8-19(20)21(27-29)23-26-22(28-32-23)15-6-5-7-16(25)14-15/h3-14H,2H2,1H3. The molecule has 0 atom stereocenters. The third kappa shape index (κ3) is 3.69. The summed E-state index contributed by atoms with van der Waals surface area (Å²) in [4.78, 5) is 17.7. The van der Waals surface area contributed by atoms with Crippen molar-refractivity contribution >= 4 is 26.7 Å². The molecule has 0 aliphatic carbocycles. The number of ether oxygens (including phenoxy) is 1. The Hall–Kier alpha value is -3.78. The van der Waals surface area contributed by atoms with E-state index in [1.165, 1.54) is 4.68 Å². The third-order valence-corrected chi connectivity index (χ3v) is 5.40. The van der Waals surface area contributed by atoms with E-state index in [9.17, 15) is 4.79 Å². The summed E-state index contributed by atoms with van der Waals surface area (Å²) in [5, 5.41) is 9.87. The monoisotopic (exact) mass is 488 g/mol. The van der Waals surface area contributed by atoms with Crippen molar-refractivity contribution in [3.63, 3.8) is 0 Å². The van der Waals surface area contributed by atoms with E-state index in [1.54, 1.807) is 30.3 Å². The van der Waals surface area contributed by atoms with Crippen LogP contribution in [0.2, 0.25) is 0 Å². The number of hydrogen-bond donors (Lipinski definition) is 0. The van der Waals surface area contributed by atoms with Crippen LogP contribution in [0.4, 0.5) is 0 Å². The molecule has 8 heteroatoms. The van der Waals surface area contributed by atoms with Crippen LogP contribution in [-0.4, -0.2) is 26.5 Å². The van der Waals surface area contributed by atoms with Crippen LogP contribution in [-0.2, 0) is 0 Å². The van der Waals surface area contributed by atoms with Gasteiger partial charge in [0.05, 0.1) is 17.7 Å². The van der Waals surface area contributed by atoms with Crippen LogP contribution in [0.15, 0.2) is 86.6 Å². The third-order valence-electron chi connectivity index (χ3n) is 4.91. The Morgan fingerprint density at radius 2 is 1.78 bits per heavy atom. The largest absolute Gasteiger partial charge is 0.494 e. The predicted molar refractivity (Wildman–Crippen MR) is 125 cm³/mol. The zero-order valence-electron chi connectivity index (χ0n) is 17.0. The smallest absolute Gasteiger partial charge is 0.279 e. The first-order valence-electron chi connectivity index (χ1n) is 9.99. The minimum atomic E-state index is -0.236. The first-order valence-corrected chi connectivity index (χ1v) is 10.8. The van der Waals surface area contributed by atoms with Crippen LogP contribution in [0.3, 0.4) is 0 Å². The van der Waals surface area contributed by atoms with Crippen molar-refractivity contribution in [1.82, 2.24) is 19.9 Å². The molecule has 2 heterocycles. The highest BCUT2D eigenvalue weighted by atomic mass is 79.9. The molecule has 0 aliphatic heterocycles. The number of benzene rings is 3. The predicted octanol–water partition coefficient (Wildman–Crippen LogP) is 5.26. The lowest BCUT2D eigenvalue weighted by atomic mass is 10.1. The minimum absolute atomic E-state index is 0.232. The molecule has 32 heavy (non-hydrogen) atoms. The van der Waals surface area contributed by atoms with Gasteiger partial charge in [0.25, 0.3) is 11.4 Å². The maximum absolute atomic E-state index is 13.2. The van der Waals surface area contributed by atoms with Crippen LogP contribution in [0.25, 0.3) is 39.4 Å². The van der Waals surface area contributed by atoms with Gasteiger partial charge in [0.1, 0.15) is 5.75 Å². The van der Waals surface area contributed by atoms with Gasteiger partial charge in [-0.25, -0.2) is 0 Å². The second-order valence-electron chi connectivity index (χ2n) is 6.97. The van der Waals surface area contributed by atoms with Gasteiger partial charge in [-0.2, -0.15) is 14.8 Å². The maximum Gasteiger partial charge on any atom is 0.279 e. The molecule has 5 rings (SSSR count). The van der Waals surface area contributed by atoms with Gasteiger partial charge in [0.15, 0.2) is 5.69 Å². The zero-order valence-corrected chi connectivity index (χ0v) is 18.6. The fourth-order valence-electron chi connectivity index (χ4n) is 3.44. The van der Waals surface area contributed by atoms with Crippen LogP contribution < -0.4 is 10.3 Å². The number of aromatic nitrogens is 4. The number of fused-ring (bicyclic) bond motifs is 1. The molecule has 3 aromatic carbocycles. The molecular formula is C24H17BrN4O3. The van der Waals surface area contributed by atoms with Crippen molar-refractivity contribution in [2.24, 2.45) is 0 Å². The lowest BCUT2D eigenvalue weighted by molar-refractivity contribution is 0.340. The van der Waals surface area contributed by atoms with Crippen molar-refractivity contribution in [3.05, 3.63) is 87.6 Å².